The van der Waals surface area contributed by atoms with Crippen molar-refractivity contribution in [2.24, 2.45) is 0 Å². The van der Waals surface area contributed by atoms with Crippen molar-refractivity contribution >= 4 is 23.6 Å². The lowest BCUT2D eigenvalue weighted by Crippen LogP contribution is -2.45. The fourth-order valence-corrected chi connectivity index (χ4v) is 4.18. The van der Waals surface area contributed by atoms with E-state index in [-0.39, 0.29) is 17.9 Å². The zero-order chi connectivity index (χ0) is 14.7. The molecule has 0 bridgehead atoms. The van der Waals surface area contributed by atoms with Crippen LogP contribution in [0.3, 0.4) is 0 Å². The second kappa shape index (κ2) is 6.52. The summed E-state index contributed by atoms with van der Waals surface area (Å²) in [5.74, 6) is 1.04. The molecule has 2 heterocycles. The number of amides is 2. The minimum atomic E-state index is -0.296. The van der Waals surface area contributed by atoms with Crippen LogP contribution in [0.1, 0.15) is 30.1 Å². The van der Waals surface area contributed by atoms with E-state index in [0.29, 0.717) is 18.1 Å². The quantitative estimate of drug-likeness (QED) is 0.909. The number of carbonyl (C=O) groups is 2. The van der Waals surface area contributed by atoms with Crippen molar-refractivity contribution in [3.8, 4) is 0 Å². The number of benzene rings is 1. The molecule has 21 heavy (non-hydrogen) atoms. The Morgan fingerprint density at radius 2 is 2.00 bits per heavy atom. The van der Waals surface area contributed by atoms with Gasteiger partial charge in [0, 0.05) is 30.5 Å². The molecule has 2 saturated heterocycles. The molecule has 1 N–H and O–H groups in total. The molecule has 5 heteroatoms. The molecule has 2 atom stereocenters. The molecule has 0 saturated carbocycles. The third-order valence-electron chi connectivity index (χ3n) is 4.12. The maximum Gasteiger partial charge on any atom is 0.245 e. The highest BCUT2D eigenvalue weighted by atomic mass is 32.2. The summed E-state index contributed by atoms with van der Waals surface area (Å²) in [5.41, 5.74) is 1.34. The van der Waals surface area contributed by atoms with Crippen molar-refractivity contribution in [3.63, 3.8) is 0 Å². The first-order valence-electron chi connectivity index (χ1n) is 7.49. The number of nitrogens with zero attached hydrogens (tertiary/aromatic N) is 1. The molecular formula is C16H20N2O2S. The van der Waals surface area contributed by atoms with Gasteiger partial charge < -0.3 is 10.2 Å². The molecular weight excluding hydrogens is 284 g/mol. The Balaban J connectivity index is 1.60. The molecule has 1 aromatic carbocycles. The van der Waals surface area contributed by atoms with Gasteiger partial charge in [-0.2, -0.15) is 11.8 Å². The van der Waals surface area contributed by atoms with E-state index in [0.717, 1.165) is 25.3 Å². The Kier molecular flexibility index (Phi) is 4.48. The summed E-state index contributed by atoms with van der Waals surface area (Å²) < 4.78 is 0. The van der Waals surface area contributed by atoms with Crippen molar-refractivity contribution in [1.82, 2.24) is 10.2 Å². The maximum absolute atomic E-state index is 12.4. The minimum absolute atomic E-state index is 0.000269. The number of nitrogens with one attached hydrogen (secondary N) is 1. The lowest BCUT2D eigenvalue weighted by atomic mass is 10.1. The van der Waals surface area contributed by atoms with Crippen molar-refractivity contribution in [1.29, 1.82) is 0 Å². The van der Waals surface area contributed by atoms with Crippen molar-refractivity contribution in [3.05, 3.63) is 35.9 Å². The highest BCUT2D eigenvalue weighted by molar-refractivity contribution is 7.99. The second-order valence-corrected chi connectivity index (χ2v) is 6.85. The van der Waals surface area contributed by atoms with E-state index in [4.69, 9.17) is 0 Å². The lowest BCUT2D eigenvalue weighted by molar-refractivity contribution is -0.134. The van der Waals surface area contributed by atoms with Crippen LogP contribution >= 0.6 is 11.8 Å². The topological polar surface area (TPSA) is 49.4 Å². The van der Waals surface area contributed by atoms with Gasteiger partial charge >= 0.3 is 0 Å². The molecule has 2 aliphatic rings. The standard InChI is InChI=1S/C16H20N2O2S/c19-15-7-6-13(17-15)16(20)18-9-8-14(21-11-10-18)12-4-2-1-3-5-12/h1-5,13-14H,6-11H2,(H,17,19). The van der Waals surface area contributed by atoms with Gasteiger partial charge in [0.25, 0.3) is 0 Å². The number of hydrogen-bond donors (Lipinski definition) is 1. The zero-order valence-corrected chi connectivity index (χ0v) is 12.8. The Labute approximate surface area is 129 Å². The van der Waals surface area contributed by atoms with Gasteiger partial charge in [-0.1, -0.05) is 30.3 Å². The number of rotatable bonds is 2. The molecule has 1 aromatic rings. The average molecular weight is 304 g/mol. The highest BCUT2D eigenvalue weighted by Crippen LogP contribution is 2.34. The van der Waals surface area contributed by atoms with Crippen LogP contribution in [-0.4, -0.2) is 41.6 Å². The van der Waals surface area contributed by atoms with Crippen LogP contribution in [0, 0.1) is 0 Å². The first-order valence-corrected chi connectivity index (χ1v) is 8.53. The Morgan fingerprint density at radius 1 is 1.19 bits per heavy atom. The monoisotopic (exact) mass is 304 g/mol. The number of thioether (sulfide) groups is 1. The third-order valence-corrected chi connectivity index (χ3v) is 5.45. The fraction of sp³-hybridized carbons (Fsp3) is 0.500. The van der Waals surface area contributed by atoms with E-state index in [1.165, 1.54) is 5.56 Å². The molecule has 2 fully saturated rings. The molecule has 0 aromatic heterocycles. The van der Waals surface area contributed by atoms with Gasteiger partial charge in [-0.3, -0.25) is 9.59 Å². The molecule has 2 aliphatic heterocycles. The molecule has 0 aliphatic carbocycles. The predicted octanol–water partition coefficient (Wildman–Crippen LogP) is 1.97. The van der Waals surface area contributed by atoms with E-state index in [1.807, 2.05) is 22.7 Å². The number of carbonyl (C=O) groups excluding carboxylic acids is 2. The smallest absolute Gasteiger partial charge is 0.245 e. The summed E-state index contributed by atoms with van der Waals surface area (Å²) in [7, 11) is 0. The zero-order valence-electron chi connectivity index (χ0n) is 12.0. The average Bonchev–Trinajstić information content (AvgIpc) is 2.81. The van der Waals surface area contributed by atoms with Gasteiger partial charge in [-0.15, -0.1) is 0 Å². The lowest BCUT2D eigenvalue weighted by Gasteiger charge is -2.23. The van der Waals surface area contributed by atoms with E-state index in [1.54, 1.807) is 0 Å². The van der Waals surface area contributed by atoms with Gasteiger partial charge in [0.05, 0.1) is 0 Å². The number of hydrogen-bond acceptors (Lipinski definition) is 3. The largest absolute Gasteiger partial charge is 0.344 e. The van der Waals surface area contributed by atoms with Crippen LogP contribution in [0.4, 0.5) is 0 Å². The van der Waals surface area contributed by atoms with Crippen LogP contribution in [0.25, 0.3) is 0 Å². The Bertz CT molecular complexity index is 520. The van der Waals surface area contributed by atoms with Crippen LogP contribution in [0.15, 0.2) is 30.3 Å². The predicted molar refractivity (Wildman–Crippen MR) is 84.0 cm³/mol. The molecule has 2 amide bonds. The van der Waals surface area contributed by atoms with E-state index < -0.39 is 0 Å². The first kappa shape index (κ1) is 14.4. The highest BCUT2D eigenvalue weighted by Gasteiger charge is 2.31. The van der Waals surface area contributed by atoms with Gasteiger partial charge in [-0.25, -0.2) is 0 Å². The van der Waals surface area contributed by atoms with Crippen LogP contribution < -0.4 is 5.32 Å². The molecule has 3 rings (SSSR count). The van der Waals surface area contributed by atoms with E-state index in [2.05, 4.69) is 29.6 Å². The summed E-state index contributed by atoms with van der Waals surface area (Å²) >= 11 is 1.92. The summed E-state index contributed by atoms with van der Waals surface area (Å²) in [6.07, 6.45) is 2.09. The van der Waals surface area contributed by atoms with Crippen LogP contribution in [-0.2, 0) is 9.59 Å². The molecule has 0 spiro atoms. The molecule has 4 nitrogen and oxygen atoms in total. The summed E-state index contributed by atoms with van der Waals surface area (Å²) in [5, 5.41) is 3.24. The minimum Gasteiger partial charge on any atom is -0.344 e. The Hall–Kier alpha value is -1.49. The first-order chi connectivity index (χ1) is 10.2. The van der Waals surface area contributed by atoms with Gasteiger partial charge in [-0.05, 0) is 18.4 Å². The van der Waals surface area contributed by atoms with Crippen LogP contribution in [0.2, 0.25) is 0 Å². The van der Waals surface area contributed by atoms with E-state index in [9.17, 15) is 9.59 Å². The van der Waals surface area contributed by atoms with Gasteiger partial charge in [0.15, 0.2) is 0 Å². The summed E-state index contributed by atoms with van der Waals surface area (Å²) in [6.45, 7) is 1.55. The molecule has 2 unspecified atom stereocenters. The van der Waals surface area contributed by atoms with Crippen LogP contribution in [0.5, 0.6) is 0 Å². The third kappa shape index (κ3) is 3.40. The van der Waals surface area contributed by atoms with Crippen molar-refractivity contribution in [2.75, 3.05) is 18.8 Å². The van der Waals surface area contributed by atoms with Crippen molar-refractivity contribution in [2.45, 2.75) is 30.6 Å². The maximum atomic E-state index is 12.4. The van der Waals surface area contributed by atoms with Gasteiger partial charge in [0.2, 0.25) is 11.8 Å². The summed E-state index contributed by atoms with van der Waals surface area (Å²) in [6, 6.07) is 10.2. The van der Waals surface area contributed by atoms with Gasteiger partial charge in [0.1, 0.15) is 6.04 Å². The summed E-state index contributed by atoms with van der Waals surface area (Å²) in [4.78, 5) is 25.6. The normalized spacial score (nSPS) is 26.3. The molecule has 112 valence electrons. The second-order valence-electron chi connectivity index (χ2n) is 5.54. The fourth-order valence-electron chi connectivity index (χ4n) is 2.94. The van der Waals surface area contributed by atoms with E-state index >= 15 is 0 Å². The Morgan fingerprint density at radius 3 is 2.71 bits per heavy atom. The SMILES string of the molecule is O=C1CCC(C(=O)N2CCSC(c3ccccc3)CC2)N1. The van der Waals surface area contributed by atoms with Crippen molar-refractivity contribution < 1.29 is 9.59 Å². The molecule has 0 radical (unpaired) electrons.